The molecule has 0 amide bonds. The van der Waals surface area contributed by atoms with Gasteiger partial charge in [0, 0.05) is 18.1 Å². The third-order valence-electron chi connectivity index (χ3n) is 2.69. The zero-order valence-electron chi connectivity index (χ0n) is 10.4. The van der Waals surface area contributed by atoms with Gasteiger partial charge in [0.15, 0.2) is 0 Å². The molecule has 1 aromatic heterocycles. The molecule has 0 aliphatic rings. The normalized spacial score (nSPS) is 12.9. The fourth-order valence-electron chi connectivity index (χ4n) is 1.82. The van der Waals surface area contributed by atoms with Crippen molar-refractivity contribution in [2.45, 2.75) is 20.0 Å². The molecule has 1 unspecified atom stereocenters. The maximum atomic E-state index is 5.49. The van der Waals surface area contributed by atoms with E-state index in [2.05, 4.69) is 36.3 Å². The Kier molecular flexibility index (Phi) is 3.92. The van der Waals surface area contributed by atoms with Crippen molar-refractivity contribution in [3.05, 3.63) is 40.7 Å². The van der Waals surface area contributed by atoms with Crippen molar-refractivity contribution < 1.29 is 4.74 Å². The zero-order chi connectivity index (χ0) is 12.3. The summed E-state index contributed by atoms with van der Waals surface area (Å²) in [5.74, 6) is 0.440. The molecule has 3 heteroatoms. The Balaban J connectivity index is 2.27. The third kappa shape index (κ3) is 2.73. The van der Waals surface area contributed by atoms with Crippen molar-refractivity contribution in [3.63, 3.8) is 0 Å². The lowest BCUT2D eigenvalue weighted by Gasteiger charge is -2.15. The fraction of sp³-hybridized carbons (Fsp3) is 0.357. The van der Waals surface area contributed by atoms with Crippen molar-refractivity contribution in [2.24, 2.45) is 5.92 Å². The second kappa shape index (κ2) is 5.43. The van der Waals surface area contributed by atoms with E-state index in [1.54, 1.807) is 18.4 Å². The molecular formula is C14H17NOS. The van der Waals surface area contributed by atoms with Gasteiger partial charge in [0.2, 0.25) is 0 Å². The number of thiazole rings is 1. The molecule has 90 valence electrons. The first kappa shape index (κ1) is 12.3. The molecule has 0 saturated heterocycles. The minimum Gasteiger partial charge on any atom is -0.374 e. The maximum absolute atomic E-state index is 5.49. The lowest BCUT2D eigenvalue weighted by molar-refractivity contribution is 0.0645. The summed E-state index contributed by atoms with van der Waals surface area (Å²) in [5.41, 5.74) is 2.20. The molecule has 2 aromatic rings. The Bertz CT molecular complexity index is 464. The number of benzene rings is 1. The Morgan fingerprint density at radius 3 is 2.47 bits per heavy atom. The average molecular weight is 247 g/mol. The molecule has 2 nitrogen and oxygen atoms in total. The predicted molar refractivity (Wildman–Crippen MR) is 72.1 cm³/mol. The summed E-state index contributed by atoms with van der Waals surface area (Å²) < 4.78 is 5.49. The van der Waals surface area contributed by atoms with Crippen LogP contribution < -0.4 is 0 Å². The molecule has 0 radical (unpaired) electrons. The van der Waals surface area contributed by atoms with Gasteiger partial charge in [0.1, 0.15) is 11.1 Å². The standard InChI is InChI=1S/C14H17NOS/c1-10(2)13(16-3)14-15-12(9-17-14)11-7-5-4-6-8-11/h4-10,13H,1-3H3. The quantitative estimate of drug-likeness (QED) is 0.809. The van der Waals surface area contributed by atoms with E-state index in [0.29, 0.717) is 5.92 Å². The van der Waals surface area contributed by atoms with Crippen LogP contribution in [-0.4, -0.2) is 12.1 Å². The van der Waals surface area contributed by atoms with Crippen LogP contribution in [-0.2, 0) is 4.74 Å². The van der Waals surface area contributed by atoms with Crippen molar-refractivity contribution in [1.82, 2.24) is 4.98 Å². The van der Waals surface area contributed by atoms with E-state index in [0.717, 1.165) is 16.3 Å². The maximum Gasteiger partial charge on any atom is 0.122 e. The number of methoxy groups -OCH3 is 1. The van der Waals surface area contributed by atoms with Gasteiger partial charge in [0.25, 0.3) is 0 Å². The van der Waals surface area contributed by atoms with E-state index >= 15 is 0 Å². The highest BCUT2D eigenvalue weighted by atomic mass is 32.1. The van der Waals surface area contributed by atoms with Gasteiger partial charge >= 0.3 is 0 Å². The van der Waals surface area contributed by atoms with Crippen LogP contribution in [0.15, 0.2) is 35.7 Å². The predicted octanol–water partition coefficient (Wildman–Crippen LogP) is 4.15. The van der Waals surface area contributed by atoms with Gasteiger partial charge in [-0.25, -0.2) is 4.98 Å². The van der Waals surface area contributed by atoms with Crippen LogP contribution in [0, 0.1) is 5.92 Å². The molecule has 0 spiro atoms. The molecular weight excluding hydrogens is 230 g/mol. The van der Waals surface area contributed by atoms with E-state index < -0.39 is 0 Å². The number of nitrogens with zero attached hydrogens (tertiary/aromatic N) is 1. The van der Waals surface area contributed by atoms with Crippen LogP contribution >= 0.6 is 11.3 Å². The number of rotatable bonds is 4. The van der Waals surface area contributed by atoms with Gasteiger partial charge in [-0.3, -0.25) is 0 Å². The van der Waals surface area contributed by atoms with Gasteiger partial charge in [-0.1, -0.05) is 44.2 Å². The largest absolute Gasteiger partial charge is 0.374 e. The van der Waals surface area contributed by atoms with Crippen molar-refractivity contribution >= 4 is 11.3 Å². The van der Waals surface area contributed by atoms with Gasteiger partial charge in [-0.05, 0) is 5.92 Å². The molecule has 17 heavy (non-hydrogen) atoms. The molecule has 1 aromatic carbocycles. The number of ether oxygens (including phenoxy) is 1. The van der Waals surface area contributed by atoms with E-state index in [1.165, 1.54) is 0 Å². The first-order valence-electron chi connectivity index (χ1n) is 5.76. The summed E-state index contributed by atoms with van der Waals surface area (Å²) in [5, 5.41) is 3.15. The van der Waals surface area contributed by atoms with E-state index in [-0.39, 0.29) is 6.10 Å². The number of hydrogen-bond acceptors (Lipinski definition) is 3. The fourth-order valence-corrected chi connectivity index (χ4v) is 2.89. The van der Waals surface area contributed by atoms with E-state index in [9.17, 15) is 0 Å². The van der Waals surface area contributed by atoms with Crippen LogP contribution in [0.4, 0.5) is 0 Å². The Labute approximate surface area is 106 Å². The van der Waals surface area contributed by atoms with Gasteiger partial charge in [0.05, 0.1) is 5.69 Å². The SMILES string of the molecule is COC(c1nc(-c2ccccc2)cs1)C(C)C. The van der Waals surface area contributed by atoms with E-state index in [1.807, 2.05) is 18.2 Å². The average Bonchev–Trinajstić information content (AvgIpc) is 2.80. The highest BCUT2D eigenvalue weighted by molar-refractivity contribution is 7.10. The molecule has 1 heterocycles. The number of hydrogen-bond donors (Lipinski definition) is 0. The summed E-state index contributed by atoms with van der Waals surface area (Å²) in [6.07, 6.45) is 0.0949. The van der Waals surface area contributed by atoms with Crippen LogP contribution in [0.5, 0.6) is 0 Å². The smallest absolute Gasteiger partial charge is 0.122 e. The summed E-state index contributed by atoms with van der Waals surface area (Å²) in [6.45, 7) is 4.30. The minimum atomic E-state index is 0.0949. The lowest BCUT2D eigenvalue weighted by Crippen LogP contribution is -2.08. The van der Waals surface area contributed by atoms with Crippen LogP contribution in [0.1, 0.15) is 25.0 Å². The Morgan fingerprint density at radius 2 is 1.88 bits per heavy atom. The van der Waals surface area contributed by atoms with Crippen LogP contribution in [0.25, 0.3) is 11.3 Å². The second-order valence-corrected chi connectivity index (χ2v) is 5.23. The minimum absolute atomic E-state index is 0.0949. The molecule has 0 saturated carbocycles. The highest BCUT2D eigenvalue weighted by Gasteiger charge is 2.18. The van der Waals surface area contributed by atoms with Crippen molar-refractivity contribution in [1.29, 1.82) is 0 Å². The van der Waals surface area contributed by atoms with Gasteiger partial charge in [-0.15, -0.1) is 11.3 Å². The first-order chi connectivity index (χ1) is 8.22. The second-order valence-electron chi connectivity index (χ2n) is 4.34. The molecule has 1 atom stereocenters. The molecule has 0 aliphatic heterocycles. The Morgan fingerprint density at radius 1 is 1.18 bits per heavy atom. The van der Waals surface area contributed by atoms with Gasteiger partial charge in [-0.2, -0.15) is 0 Å². The topological polar surface area (TPSA) is 22.1 Å². The molecule has 0 N–H and O–H groups in total. The zero-order valence-corrected chi connectivity index (χ0v) is 11.2. The lowest BCUT2D eigenvalue weighted by atomic mass is 10.1. The monoisotopic (exact) mass is 247 g/mol. The summed E-state index contributed by atoms with van der Waals surface area (Å²) in [4.78, 5) is 4.67. The molecule has 0 bridgehead atoms. The van der Waals surface area contributed by atoms with Gasteiger partial charge < -0.3 is 4.74 Å². The molecule has 0 aliphatic carbocycles. The molecule has 2 rings (SSSR count). The summed E-state index contributed by atoms with van der Waals surface area (Å²) >= 11 is 1.67. The Hall–Kier alpha value is -1.19. The highest BCUT2D eigenvalue weighted by Crippen LogP contribution is 2.30. The van der Waals surface area contributed by atoms with Crippen LogP contribution in [0.3, 0.4) is 0 Å². The van der Waals surface area contributed by atoms with Crippen molar-refractivity contribution in [2.75, 3.05) is 7.11 Å². The first-order valence-corrected chi connectivity index (χ1v) is 6.64. The number of aromatic nitrogens is 1. The van der Waals surface area contributed by atoms with Crippen LogP contribution in [0.2, 0.25) is 0 Å². The van der Waals surface area contributed by atoms with Crippen molar-refractivity contribution in [3.8, 4) is 11.3 Å². The summed E-state index contributed by atoms with van der Waals surface area (Å²) in [6, 6.07) is 10.2. The van der Waals surface area contributed by atoms with E-state index in [4.69, 9.17) is 4.74 Å². The summed E-state index contributed by atoms with van der Waals surface area (Å²) in [7, 11) is 1.74. The third-order valence-corrected chi connectivity index (χ3v) is 3.60. The molecule has 0 fully saturated rings.